The van der Waals surface area contributed by atoms with Crippen LogP contribution in [0.2, 0.25) is 0 Å². The molecular formula is C34H33FN2O6S. The molecule has 8 nitrogen and oxygen atoms in total. The van der Waals surface area contributed by atoms with Gasteiger partial charge in [-0.1, -0.05) is 47.7 Å². The number of allylic oxidation sites excluding steroid dienone is 1. The van der Waals surface area contributed by atoms with Gasteiger partial charge in [0.05, 0.1) is 41.7 Å². The molecule has 1 aliphatic rings. The number of carbonyl (C=O) groups is 1. The summed E-state index contributed by atoms with van der Waals surface area (Å²) in [6, 6.07) is 18.3. The van der Waals surface area contributed by atoms with Gasteiger partial charge < -0.3 is 18.9 Å². The molecular weight excluding hydrogens is 583 g/mol. The van der Waals surface area contributed by atoms with Gasteiger partial charge in [-0.3, -0.25) is 9.36 Å². The molecule has 228 valence electrons. The third-order valence-electron chi connectivity index (χ3n) is 6.91. The van der Waals surface area contributed by atoms with Gasteiger partial charge in [0.2, 0.25) is 0 Å². The third kappa shape index (κ3) is 6.45. The van der Waals surface area contributed by atoms with Crippen LogP contribution < -0.4 is 29.1 Å². The zero-order valence-corrected chi connectivity index (χ0v) is 25.8. The molecule has 0 fully saturated rings. The highest BCUT2D eigenvalue weighted by atomic mass is 32.1. The maximum absolute atomic E-state index is 14.1. The lowest BCUT2D eigenvalue weighted by atomic mass is 9.95. The summed E-state index contributed by atoms with van der Waals surface area (Å²) in [5.74, 6) is 0.739. The van der Waals surface area contributed by atoms with Gasteiger partial charge in [0.1, 0.15) is 18.2 Å². The van der Waals surface area contributed by atoms with E-state index in [4.69, 9.17) is 18.9 Å². The van der Waals surface area contributed by atoms with Crippen molar-refractivity contribution in [3.05, 3.63) is 120 Å². The summed E-state index contributed by atoms with van der Waals surface area (Å²) in [5.41, 5.74) is 2.26. The van der Waals surface area contributed by atoms with Gasteiger partial charge in [0, 0.05) is 5.56 Å². The Labute approximate surface area is 258 Å². The van der Waals surface area contributed by atoms with Crippen LogP contribution in [-0.2, 0) is 16.1 Å². The van der Waals surface area contributed by atoms with Crippen LogP contribution in [0.3, 0.4) is 0 Å². The van der Waals surface area contributed by atoms with Gasteiger partial charge in [-0.2, -0.15) is 0 Å². The number of carbonyl (C=O) groups excluding carboxylic acids is 1. The number of thiazole rings is 1. The molecule has 44 heavy (non-hydrogen) atoms. The second-order valence-electron chi connectivity index (χ2n) is 9.83. The van der Waals surface area contributed by atoms with Crippen molar-refractivity contribution in [1.29, 1.82) is 0 Å². The molecule has 1 aromatic heterocycles. The Balaban J connectivity index is 1.58. The predicted octanol–water partition coefficient (Wildman–Crippen LogP) is 5.31. The Kier molecular flexibility index (Phi) is 9.59. The third-order valence-corrected chi connectivity index (χ3v) is 7.89. The first-order valence-electron chi connectivity index (χ1n) is 14.4. The largest absolute Gasteiger partial charge is 0.490 e. The van der Waals surface area contributed by atoms with Crippen molar-refractivity contribution < 1.29 is 28.1 Å². The van der Waals surface area contributed by atoms with E-state index in [0.717, 1.165) is 5.56 Å². The predicted molar refractivity (Wildman–Crippen MR) is 166 cm³/mol. The summed E-state index contributed by atoms with van der Waals surface area (Å²) in [4.78, 5) is 32.4. The first-order valence-corrected chi connectivity index (χ1v) is 15.2. The number of hydrogen-bond donors (Lipinski definition) is 0. The first kappa shape index (κ1) is 30.7. The summed E-state index contributed by atoms with van der Waals surface area (Å²) >= 11 is 1.23. The van der Waals surface area contributed by atoms with Crippen LogP contribution in [0.1, 0.15) is 50.4 Å². The van der Waals surface area contributed by atoms with Crippen molar-refractivity contribution >= 4 is 23.4 Å². The van der Waals surface area contributed by atoms with Crippen LogP contribution in [0.25, 0.3) is 6.08 Å². The first-order chi connectivity index (χ1) is 21.3. The zero-order valence-electron chi connectivity index (χ0n) is 25.0. The number of fused-ring (bicyclic) bond motifs is 1. The molecule has 1 atom stereocenters. The molecule has 0 bridgehead atoms. The minimum atomic E-state index is -0.794. The van der Waals surface area contributed by atoms with E-state index in [1.165, 1.54) is 22.0 Å². The normalized spacial score (nSPS) is 14.6. The van der Waals surface area contributed by atoms with Gasteiger partial charge in [-0.05, 0) is 75.2 Å². The molecule has 0 saturated heterocycles. The number of hydrogen-bond acceptors (Lipinski definition) is 8. The van der Waals surface area contributed by atoms with Crippen LogP contribution in [0.5, 0.6) is 17.2 Å². The van der Waals surface area contributed by atoms with Crippen molar-refractivity contribution in [3.63, 3.8) is 0 Å². The lowest BCUT2D eigenvalue weighted by molar-refractivity contribution is -0.139. The van der Waals surface area contributed by atoms with Crippen LogP contribution in [0, 0.1) is 5.82 Å². The molecule has 4 aromatic rings. The van der Waals surface area contributed by atoms with Crippen LogP contribution in [-0.4, -0.2) is 30.4 Å². The Morgan fingerprint density at radius 1 is 0.955 bits per heavy atom. The highest BCUT2D eigenvalue weighted by molar-refractivity contribution is 7.07. The van der Waals surface area contributed by atoms with Crippen molar-refractivity contribution in [2.45, 2.75) is 40.3 Å². The van der Waals surface area contributed by atoms with Crippen LogP contribution in [0.15, 0.2) is 87.8 Å². The van der Waals surface area contributed by atoms with Crippen molar-refractivity contribution in [3.8, 4) is 17.2 Å². The average molecular weight is 617 g/mol. The van der Waals surface area contributed by atoms with Crippen molar-refractivity contribution in [2.75, 3.05) is 19.8 Å². The number of halogens is 1. The van der Waals surface area contributed by atoms with E-state index in [9.17, 15) is 14.0 Å². The van der Waals surface area contributed by atoms with Gasteiger partial charge >= 0.3 is 5.97 Å². The van der Waals surface area contributed by atoms with Crippen molar-refractivity contribution in [2.24, 2.45) is 4.99 Å². The quantitative estimate of drug-likeness (QED) is 0.212. The standard InChI is InChI=1S/C34H33FN2O6S/c1-5-40-27-16-15-23(19-28(27)41-6-2)31-30(33(39)42-7-3)21(4)36-34-37(31)32(38)29(44-34)18-22-11-10-13-25(17-22)43-20-24-12-8-9-14-26(24)35/h8-19,31H,5-7,20H2,1-4H3. The molecule has 1 unspecified atom stereocenters. The fourth-order valence-corrected chi connectivity index (χ4v) is 6.01. The average Bonchev–Trinajstić information content (AvgIpc) is 3.31. The molecule has 10 heteroatoms. The van der Waals surface area contributed by atoms with Crippen LogP contribution in [0.4, 0.5) is 4.39 Å². The van der Waals surface area contributed by atoms with E-state index in [1.807, 2.05) is 26.0 Å². The maximum atomic E-state index is 14.1. The van der Waals surface area contributed by atoms with E-state index < -0.39 is 12.0 Å². The smallest absolute Gasteiger partial charge is 0.338 e. The number of rotatable bonds is 11. The van der Waals surface area contributed by atoms with Crippen LogP contribution >= 0.6 is 11.3 Å². The highest BCUT2D eigenvalue weighted by Gasteiger charge is 2.34. The molecule has 5 rings (SSSR count). The van der Waals surface area contributed by atoms with Gasteiger partial charge in [0.25, 0.3) is 5.56 Å². The lowest BCUT2D eigenvalue weighted by Crippen LogP contribution is -2.40. The number of benzene rings is 3. The molecule has 0 amide bonds. The summed E-state index contributed by atoms with van der Waals surface area (Å²) < 4.78 is 38.8. The number of aromatic nitrogens is 1. The second-order valence-corrected chi connectivity index (χ2v) is 10.8. The van der Waals surface area contributed by atoms with E-state index in [2.05, 4.69) is 4.99 Å². The second kappa shape index (κ2) is 13.7. The minimum absolute atomic E-state index is 0.0695. The van der Waals surface area contributed by atoms with E-state index in [0.29, 0.717) is 56.6 Å². The van der Waals surface area contributed by atoms with E-state index in [-0.39, 0.29) is 30.2 Å². The summed E-state index contributed by atoms with van der Waals surface area (Å²) in [6.45, 7) is 8.35. The SMILES string of the molecule is CCOC(=O)C1=C(C)N=c2sc(=Cc3cccc(OCc4ccccc4F)c3)c(=O)n2C1c1ccc(OCC)c(OCC)c1. The minimum Gasteiger partial charge on any atom is -0.490 e. The number of esters is 1. The summed E-state index contributed by atoms with van der Waals surface area (Å²) in [6.07, 6.45) is 1.75. The van der Waals surface area contributed by atoms with E-state index >= 15 is 0 Å². The number of ether oxygens (including phenoxy) is 4. The topological polar surface area (TPSA) is 88.4 Å². The summed E-state index contributed by atoms with van der Waals surface area (Å²) in [5, 5.41) is 0. The monoisotopic (exact) mass is 616 g/mol. The highest BCUT2D eigenvalue weighted by Crippen LogP contribution is 2.36. The fraction of sp³-hybridized carbons (Fsp3) is 0.265. The molecule has 0 aliphatic carbocycles. The molecule has 1 aliphatic heterocycles. The molecule has 2 heterocycles. The van der Waals surface area contributed by atoms with Gasteiger partial charge in [-0.15, -0.1) is 0 Å². The van der Waals surface area contributed by atoms with E-state index in [1.54, 1.807) is 68.5 Å². The Morgan fingerprint density at radius 2 is 1.73 bits per heavy atom. The zero-order chi connectivity index (χ0) is 31.2. The molecule has 0 radical (unpaired) electrons. The number of nitrogens with zero attached hydrogens (tertiary/aromatic N) is 2. The molecule has 3 aromatic carbocycles. The maximum Gasteiger partial charge on any atom is 0.338 e. The van der Waals surface area contributed by atoms with Gasteiger partial charge in [-0.25, -0.2) is 14.2 Å². The Hall–Kier alpha value is -4.70. The van der Waals surface area contributed by atoms with Gasteiger partial charge in [0.15, 0.2) is 16.3 Å². The molecule has 0 saturated carbocycles. The lowest BCUT2D eigenvalue weighted by Gasteiger charge is -2.25. The Bertz CT molecular complexity index is 1890. The molecule has 0 N–H and O–H groups in total. The summed E-state index contributed by atoms with van der Waals surface area (Å²) in [7, 11) is 0. The molecule has 0 spiro atoms. The fourth-order valence-electron chi connectivity index (χ4n) is 4.97. The Morgan fingerprint density at radius 3 is 2.48 bits per heavy atom. The van der Waals surface area contributed by atoms with Crippen molar-refractivity contribution in [1.82, 2.24) is 4.57 Å².